The van der Waals surface area contributed by atoms with E-state index in [4.69, 9.17) is 4.74 Å². The lowest BCUT2D eigenvalue weighted by Crippen LogP contribution is -2.07. The van der Waals surface area contributed by atoms with Gasteiger partial charge in [-0.1, -0.05) is 30.3 Å². The lowest BCUT2D eigenvalue weighted by molar-refractivity contribution is 0.0988. The maximum absolute atomic E-state index is 12.5. The molecule has 0 aliphatic rings. The quantitative estimate of drug-likeness (QED) is 0.699. The van der Waals surface area contributed by atoms with Gasteiger partial charge in [-0.2, -0.15) is 0 Å². The Labute approximate surface area is 138 Å². The molecule has 5 heteroatoms. The van der Waals surface area contributed by atoms with Gasteiger partial charge in [0.25, 0.3) is 0 Å². The topological polar surface area (TPSA) is 59.4 Å². The van der Waals surface area contributed by atoms with E-state index in [0.29, 0.717) is 17.9 Å². The van der Waals surface area contributed by atoms with E-state index in [1.54, 1.807) is 12.3 Å². The van der Waals surface area contributed by atoms with E-state index in [1.165, 1.54) is 23.5 Å². The average Bonchev–Trinajstić information content (AvgIpc) is 3.07. The van der Waals surface area contributed by atoms with Crippen molar-refractivity contribution < 1.29 is 14.6 Å². The third kappa shape index (κ3) is 3.96. The molecule has 3 aromatic rings. The minimum absolute atomic E-state index is 0.0684. The number of carbonyl (C=O) groups is 1. The number of thiazole rings is 1. The second kappa shape index (κ2) is 7.07. The maximum Gasteiger partial charge on any atom is 0.173 e. The van der Waals surface area contributed by atoms with Gasteiger partial charge in [-0.15, -0.1) is 11.3 Å². The largest absolute Gasteiger partial charge is 0.508 e. The molecule has 116 valence electrons. The van der Waals surface area contributed by atoms with Crippen LogP contribution in [0.4, 0.5) is 0 Å². The fourth-order valence-corrected chi connectivity index (χ4v) is 2.78. The van der Waals surface area contributed by atoms with Gasteiger partial charge in [0.1, 0.15) is 23.1 Å². The zero-order chi connectivity index (χ0) is 16.1. The first kappa shape index (κ1) is 15.2. The van der Waals surface area contributed by atoms with Crippen LogP contribution in [0.3, 0.4) is 0 Å². The molecular weight excluding hydrogens is 310 g/mol. The number of hydrogen-bond acceptors (Lipinski definition) is 5. The molecule has 0 saturated heterocycles. The Kier molecular flexibility index (Phi) is 4.68. The molecule has 3 rings (SSSR count). The van der Waals surface area contributed by atoms with Crippen molar-refractivity contribution in [1.29, 1.82) is 0 Å². The first-order chi connectivity index (χ1) is 11.2. The maximum atomic E-state index is 12.5. The average molecular weight is 325 g/mol. The van der Waals surface area contributed by atoms with Gasteiger partial charge in [0, 0.05) is 17.6 Å². The Balaban J connectivity index is 1.78. The second-order valence-electron chi connectivity index (χ2n) is 4.98. The summed E-state index contributed by atoms with van der Waals surface area (Å²) in [7, 11) is 0. The lowest BCUT2D eigenvalue weighted by atomic mass is 10.1. The van der Waals surface area contributed by atoms with Gasteiger partial charge in [-0.25, -0.2) is 4.98 Å². The summed E-state index contributed by atoms with van der Waals surface area (Å²) in [6.07, 6.45) is 1.90. The van der Waals surface area contributed by atoms with Crippen molar-refractivity contribution in [3.8, 4) is 11.5 Å². The minimum atomic E-state index is -0.0805. The van der Waals surface area contributed by atoms with Crippen molar-refractivity contribution in [3.05, 3.63) is 76.2 Å². The standard InChI is InChI=1S/C18H15NO3S/c20-14-6-7-15(16(21)11-18-19-8-9-23-18)17(10-14)22-12-13-4-2-1-3-5-13/h1-10,20H,11-12H2. The molecule has 1 N–H and O–H groups in total. The molecule has 0 unspecified atom stereocenters. The van der Waals surface area contributed by atoms with Gasteiger partial charge in [0.05, 0.1) is 12.0 Å². The molecule has 4 nitrogen and oxygen atoms in total. The molecule has 0 bridgehead atoms. The molecule has 1 heterocycles. The zero-order valence-electron chi connectivity index (χ0n) is 12.3. The van der Waals surface area contributed by atoms with Crippen molar-refractivity contribution in [3.63, 3.8) is 0 Å². The van der Waals surface area contributed by atoms with Crippen LogP contribution in [0.1, 0.15) is 20.9 Å². The van der Waals surface area contributed by atoms with Gasteiger partial charge in [-0.3, -0.25) is 4.79 Å². The number of Topliss-reactive ketones (excluding diaryl/α,β-unsaturated/α-hetero) is 1. The highest BCUT2D eigenvalue weighted by Gasteiger charge is 2.15. The normalized spacial score (nSPS) is 10.4. The van der Waals surface area contributed by atoms with Gasteiger partial charge in [0.2, 0.25) is 0 Å². The van der Waals surface area contributed by atoms with Crippen LogP contribution in [0.2, 0.25) is 0 Å². The molecule has 23 heavy (non-hydrogen) atoms. The van der Waals surface area contributed by atoms with Crippen LogP contribution in [0.25, 0.3) is 0 Å². The highest BCUT2D eigenvalue weighted by Crippen LogP contribution is 2.26. The molecule has 0 spiro atoms. The smallest absolute Gasteiger partial charge is 0.173 e. The van der Waals surface area contributed by atoms with Gasteiger partial charge in [-0.05, 0) is 17.7 Å². The molecule has 0 aliphatic heterocycles. The summed E-state index contributed by atoms with van der Waals surface area (Å²) in [6, 6.07) is 14.2. The number of aromatic nitrogens is 1. The first-order valence-corrected chi connectivity index (χ1v) is 8.01. The highest BCUT2D eigenvalue weighted by molar-refractivity contribution is 7.09. The van der Waals surface area contributed by atoms with Crippen LogP contribution >= 0.6 is 11.3 Å². The van der Waals surface area contributed by atoms with Crippen LogP contribution < -0.4 is 4.74 Å². The monoisotopic (exact) mass is 325 g/mol. The zero-order valence-corrected chi connectivity index (χ0v) is 13.1. The molecule has 0 saturated carbocycles. The number of ether oxygens (including phenoxy) is 1. The number of carbonyl (C=O) groups excluding carboxylic acids is 1. The minimum Gasteiger partial charge on any atom is -0.508 e. The molecule has 0 aliphatic carbocycles. The van der Waals surface area contributed by atoms with Crippen molar-refractivity contribution in [2.45, 2.75) is 13.0 Å². The van der Waals surface area contributed by atoms with E-state index in [2.05, 4.69) is 4.98 Å². The number of phenolic OH excluding ortho intramolecular Hbond substituents is 1. The van der Waals surface area contributed by atoms with Gasteiger partial charge < -0.3 is 9.84 Å². The summed E-state index contributed by atoms with van der Waals surface area (Å²) in [5.74, 6) is 0.372. The Hall–Kier alpha value is -2.66. The van der Waals surface area contributed by atoms with Crippen LogP contribution in [-0.2, 0) is 13.0 Å². The Morgan fingerprint density at radius 1 is 1.17 bits per heavy atom. The third-order valence-corrected chi connectivity index (χ3v) is 4.08. The Morgan fingerprint density at radius 3 is 2.74 bits per heavy atom. The summed E-state index contributed by atoms with van der Waals surface area (Å²) in [5, 5.41) is 12.3. The molecule has 0 radical (unpaired) electrons. The number of benzene rings is 2. The second-order valence-corrected chi connectivity index (χ2v) is 5.96. The van der Waals surface area contributed by atoms with Gasteiger partial charge >= 0.3 is 0 Å². The summed E-state index contributed by atoms with van der Waals surface area (Å²) in [4.78, 5) is 16.6. The number of hydrogen-bond donors (Lipinski definition) is 1. The van der Waals surface area contributed by atoms with E-state index in [0.717, 1.165) is 10.6 Å². The predicted octanol–water partition coefficient (Wildman–Crippen LogP) is 3.85. The SMILES string of the molecule is O=C(Cc1nccs1)c1ccc(O)cc1OCc1ccccc1. The molecule has 2 aromatic carbocycles. The fraction of sp³-hybridized carbons (Fsp3) is 0.111. The van der Waals surface area contributed by atoms with Crippen molar-refractivity contribution in [2.75, 3.05) is 0 Å². The molecule has 0 atom stereocenters. The van der Waals surface area contributed by atoms with Gasteiger partial charge in [0.15, 0.2) is 5.78 Å². The number of phenols is 1. The van der Waals surface area contributed by atoms with E-state index in [-0.39, 0.29) is 18.0 Å². The number of ketones is 1. The van der Waals surface area contributed by atoms with E-state index in [9.17, 15) is 9.90 Å². The van der Waals surface area contributed by atoms with E-state index in [1.807, 2.05) is 35.7 Å². The molecule has 0 fully saturated rings. The molecule has 1 aromatic heterocycles. The van der Waals surface area contributed by atoms with Crippen molar-refractivity contribution in [1.82, 2.24) is 4.98 Å². The van der Waals surface area contributed by atoms with E-state index < -0.39 is 0 Å². The predicted molar refractivity (Wildman–Crippen MR) is 89.0 cm³/mol. The summed E-state index contributed by atoms with van der Waals surface area (Å²) in [6.45, 7) is 0.335. The third-order valence-electron chi connectivity index (χ3n) is 3.30. The van der Waals surface area contributed by atoms with E-state index >= 15 is 0 Å². The van der Waals surface area contributed by atoms with Crippen LogP contribution in [0.5, 0.6) is 11.5 Å². The lowest BCUT2D eigenvalue weighted by Gasteiger charge is -2.11. The summed E-state index contributed by atoms with van der Waals surface area (Å²) >= 11 is 1.44. The first-order valence-electron chi connectivity index (χ1n) is 7.13. The number of rotatable bonds is 6. The fourth-order valence-electron chi connectivity index (χ4n) is 2.17. The van der Waals surface area contributed by atoms with Crippen molar-refractivity contribution >= 4 is 17.1 Å². The number of nitrogens with zero attached hydrogens (tertiary/aromatic N) is 1. The van der Waals surface area contributed by atoms with Crippen LogP contribution in [0.15, 0.2) is 60.1 Å². The number of aromatic hydroxyl groups is 1. The van der Waals surface area contributed by atoms with Crippen LogP contribution in [-0.4, -0.2) is 15.9 Å². The van der Waals surface area contributed by atoms with Crippen molar-refractivity contribution in [2.24, 2.45) is 0 Å². The van der Waals surface area contributed by atoms with Crippen LogP contribution in [0, 0.1) is 0 Å². The molecule has 0 amide bonds. The summed E-state index contributed by atoms with van der Waals surface area (Å²) < 4.78 is 5.75. The Bertz CT molecular complexity index is 785. The molecular formula is C18H15NO3S. The Morgan fingerprint density at radius 2 is 2.00 bits per heavy atom. The highest BCUT2D eigenvalue weighted by atomic mass is 32.1. The summed E-state index contributed by atoms with van der Waals surface area (Å²) in [5.41, 5.74) is 1.45.